The molecule has 2 amide bonds. The van der Waals surface area contributed by atoms with Gasteiger partial charge in [-0.15, -0.1) is 0 Å². The SMILES string of the molecule is CN(Cc1ccccn1)C(=O)N[C@H](CC(=O)O)C(=O)O. The van der Waals surface area contributed by atoms with Crippen LogP contribution in [-0.4, -0.2) is 51.2 Å². The molecule has 1 aromatic rings. The molecule has 1 aromatic heterocycles. The predicted molar refractivity (Wildman–Crippen MR) is 67.9 cm³/mol. The van der Waals surface area contributed by atoms with Crippen LogP contribution in [0.15, 0.2) is 24.4 Å². The maximum absolute atomic E-state index is 11.8. The molecule has 0 aliphatic heterocycles. The number of hydrogen-bond donors (Lipinski definition) is 3. The molecule has 0 spiro atoms. The maximum Gasteiger partial charge on any atom is 0.326 e. The number of hydrogen-bond acceptors (Lipinski definition) is 4. The Bertz CT molecular complexity index is 491. The quantitative estimate of drug-likeness (QED) is 0.682. The molecule has 0 saturated carbocycles. The van der Waals surface area contributed by atoms with Crippen LogP contribution in [0.3, 0.4) is 0 Å². The monoisotopic (exact) mass is 281 g/mol. The minimum Gasteiger partial charge on any atom is -0.481 e. The number of nitrogens with zero attached hydrogens (tertiary/aromatic N) is 2. The molecule has 0 unspecified atom stereocenters. The summed E-state index contributed by atoms with van der Waals surface area (Å²) in [7, 11) is 1.46. The van der Waals surface area contributed by atoms with E-state index in [-0.39, 0.29) is 6.54 Å². The van der Waals surface area contributed by atoms with Gasteiger partial charge in [0.05, 0.1) is 18.7 Å². The lowest BCUT2D eigenvalue weighted by Crippen LogP contribution is -2.47. The summed E-state index contributed by atoms with van der Waals surface area (Å²) in [6.07, 6.45) is 0.893. The molecule has 8 heteroatoms. The van der Waals surface area contributed by atoms with Gasteiger partial charge < -0.3 is 20.4 Å². The van der Waals surface area contributed by atoms with E-state index in [4.69, 9.17) is 10.2 Å². The predicted octanol–water partition coefficient (Wildman–Crippen LogP) is 0.151. The van der Waals surface area contributed by atoms with E-state index in [1.807, 2.05) is 0 Å². The summed E-state index contributed by atoms with van der Waals surface area (Å²) in [6.45, 7) is 0.187. The van der Waals surface area contributed by atoms with Crippen molar-refractivity contribution in [2.45, 2.75) is 19.0 Å². The number of aromatic nitrogens is 1. The first-order valence-corrected chi connectivity index (χ1v) is 5.76. The fraction of sp³-hybridized carbons (Fsp3) is 0.333. The summed E-state index contributed by atoms with van der Waals surface area (Å²) >= 11 is 0. The molecule has 3 N–H and O–H groups in total. The van der Waals surface area contributed by atoms with E-state index in [1.54, 1.807) is 24.4 Å². The highest BCUT2D eigenvalue weighted by atomic mass is 16.4. The van der Waals surface area contributed by atoms with Crippen molar-refractivity contribution in [3.63, 3.8) is 0 Å². The Labute approximate surface area is 115 Å². The van der Waals surface area contributed by atoms with Gasteiger partial charge in [-0.3, -0.25) is 9.78 Å². The average Bonchev–Trinajstić information content (AvgIpc) is 2.38. The number of aliphatic carboxylic acids is 2. The second-order valence-electron chi connectivity index (χ2n) is 4.12. The highest BCUT2D eigenvalue weighted by Crippen LogP contribution is 2.01. The van der Waals surface area contributed by atoms with Gasteiger partial charge in [0.1, 0.15) is 6.04 Å². The molecule has 20 heavy (non-hydrogen) atoms. The van der Waals surface area contributed by atoms with E-state index in [0.717, 1.165) is 0 Å². The van der Waals surface area contributed by atoms with E-state index in [1.165, 1.54) is 11.9 Å². The zero-order valence-electron chi connectivity index (χ0n) is 10.8. The normalized spacial score (nSPS) is 11.4. The minimum absolute atomic E-state index is 0.187. The van der Waals surface area contributed by atoms with Gasteiger partial charge in [0.25, 0.3) is 0 Å². The maximum atomic E-state index is 11.8. The average molecular weight is 281 g/mol. The molecule has 0 radical (unpaired) electrons. The summed E-state index contributed by atoms with van der Waals surface area (Å²) in [6, 6.07) is 3.07. The lowest BCUT2D eigenvalue weighted by molar-refractivity contribution is -0.145. The molecule has 0 saturated heterocycles. The summed E-state index contributed by atoms with van der Waals surface area (Å²) in [5, 5.41) is 19.6. The lowest BCUT2D eigenvalue weighted by Gasteiger charge is -2.20. The van der Waals surface area contributed by atoms with Gasteiger partial charge >= 0.3 is 18.0 Å². The number of amides is 2. The zero-order valence-corrected chi connectivity index (χ0v) is 10.8. The van der Waals surface area contributed by atoms with E-state index in [2.05, 4.69) is 10.3 Å². The van der Waals surface area contributed by atoms with Gasteiger partial charge in [0.15, 0.2) is 0 Å². The highest BCUT2D eigenvalue weighted by Gasteiger charge is 2.24. The van der Waals surface area contributed by atoms with Crippen LogP contribution >= 0.6 is 0 Å². The molecule has 8 nitrogen and oxygen atoms in total. The number of pyridine rings is 1. The fourth-order valence-electron chi connectivity index (χ4n) is 1.44. The second-order valence-corrected chi connectivity index (χ2v) is 4.12. The summed E-state index contributed by atoms with van der Waals surface area (Å²) in [5.41, 5.74) is 0.634. The number of rotatable bonds is 6. The molecular formula is C12H15N3O5. The molecular weight excluding hydrogens is 266 g/mol. The summed E-state index contributed by atoms with van der Waals surface area (Å²) in [4.78, 5) is 38.4. The molecule has 0 fully saturated rings. The Balaban J connectivity index is 2.59. The Morgan fingerprint density at radius 1 is 1.35 bits per heavy atom. The third-order valence-electron chi connectivity index (χ3n) is 2.45. The van der Waals surface area contributed by atoms with Gasteiger partial charge in [0.2, 0.25) is 0 Å². The van der Waals surface area contributed by atoms with Crippen molar-refractivity contribution < 1.29 is 24.6 Å². The van der Waals surface area contributed by atoms with Crippen molar-refractivity contribution >= 4 is 18.0 Å². The van der Waals surface area contributed by atoms with E-state index < -0.39 is 30.4 Å². The molecule has 1 heterocycles. The third kappa shape index (κ3) is 4.92. The van der Waals surface area contributed by atoms with Gasteiger partial charge in [-0.25, -0.2) is 9.59 Å². The van der Waals surface area contributed by atoms with Crippen LogP contribution in [0.1, 0.15) is 12.1 Å². The number of carbonyl (C=O) groups excluding carboxylic acids is 1. The van der Waals surface area contributed by atoms with Gasteiger partial charge in [-0.1, -0.05) is 6.07 Å². The standard InChI is InChI=1S/C12H15N3O5/c1-15(7-8-4-2-3-5-13-8)12(20)14-9(11(18)19)6-10(16)17/h2-5,9H,6-7H2,1H3,(H,14,20)(H,16,17)(H,18,19)/t9-/m1/s1. The molecule has 0 aliphatic carbocycles. The van der Waals surface area contributed by atoms with Crippen molar-refractivity contribution in [2.75, 3.05) is 7.05 Å². The van der Waals surface area contributed by atoms with Crippen molar-refractivity contribution in [1.29, 1.82) is 0 Å². The third-order valence-corrected chi connectivity index (χ3v) is 2.45. The van der Waals surface area contributed by atoms with E-state index in [0.29, 0.717) is 5.69 Å². The minimum atomic E-state index is -1.47. The largest absolute Gasteiger partial charge is 0.481 e. The van der Waals surface area contributed by atoms with E-state index in [9.17, 15) is 14.4 Å². The van der Waals surface area contributed by atoms with Crippen LogP contribution < -0.4 is 5.32 Å². The molecule has 1 atom stereocenters. The first kappa shape index (κ1) is 15.4. The first-order chi connectivity index (χ1) is 9.40. The van der Waals surface area contributed by atoms with Crippen molar-refractivity contribution in [3.05, 3.63) is 30.1 Å². The number of carboxylic acid groups (broad SMARTS) is 2. The molecule has 0 bridgehead atoms. The second kappa shape index (κ2) is 7.07. The smallest absolute Gasteiger partial charge is 0.326 e. The van der Waals surface area contributed by atoms with Crippen molar-refractivity contribution in [1.82, 2.24) is 15.2 Å². The topological polar surface area (TPSA) is 120 Å². The van der Waals surface area contributed by atoms with Crippen molar-refractivity contribution in [2.24, 2.45) is 0 Å². The molecule has 0 aromatic carbocycles. The number of carbonyl (C=O) groups is 3. The van der Waals surface area contributed by atoms with Crippen LogP contribution in [0.5, 0.6) is 0 Å². The molecule has 1 rings (SSSR count). The van der Waals surface area contributed by atoms with Crippen LogP contribution in [-0.2, 0) is 16.1 Å². The number of nitrogens with one attached hydrogen (secondary N) is 1. The van der Waals surface area contributed by atoms with Gasteiger partial charge in [0, 0.05) is 13.2 Å². The Kier molecular flexibility index (Phi) is 5.45. The summed E-state index contributed by atoms with van der Waals surface area (Å²) < 4.78 is 0. The van der Waals surface area contributed by atoms with Gasteiger partial charge in [-0.05, 0) is 12.1 Å². The Morgan fingerprint density at radius 2 is 2.05 bits per heavy atom. The summed E-state index contributed by atoms with van der Waals surface area (Å²) in [5.74, 6) is -2.70. The van der Waals surface area contributed by atoms with Crippen molar-refractivity contribution in [3.8, 4) is 0 Å². The van der Waals surface area contributed by atoms with Crippen LogP contribution in [0, 0.1) is 0 Å². The lowest BCUT2D eigenvalue weighted by atomic mass is 10.2. The zero-order chi connectivity index (χ0) is 15.1. The van der Waals surface area contributed by atoms with Gasteiger partial charge in [-0.2, -0.15) is 0 Å². The Hall–Kier alpha value is -2.64. The van der Waals surface area contributed by atoms with Crippen LogP contribution in [0.4, 0.5) is 4.79 Å². The first-order valence-electron chi connectivity index (χ1n) is 5.76. The van der Waals surface area contributed by atoms with Crippen LogP contribution in [0.2, 0.25) is 0 Å². The molecule has 108 valence electrons. The Morgan fingerprint density at radius 3 is 2.55 bits per heavy atom. The number of urea groups is 1. The molecule has 0 aliphatic rings. The number of carboxylic acids is 2. The highest BCUT2D eigenvalue weighted by molar-refractivity contribution is 5.86. The van der Waals surface area contributed by atoms with E-state index >= 15 is 0 Å². The fourth-order valence-corrected chi connectivity index (χ4v) is 1.44. The van der Waals surface area contributed by atoms with Crippen LogP contribution in [0.25, 0.3) is 0 Å².